The zero-order valence-corrected chi connectivity index (χ0v) is 21.5. The van der Waals surface area contributed by atoms with Crippen LogP contribution in [0.4, 0.5) is 14.5 Å². The average Bonchev–Trinajstić information content (AvgIpc) is 2.80. The van der Waals surface area contributed by atoms with Gasteiger partial charge in [0.05, 0.1) is 17.0 Å². The third kappa shape index (κ3) is 8.17. The lowest BCUT2D eigenvalue weighted by molar-refractivity contribution is -0.140. The van der Waals surface area contributed by atoms with Crippen LogP contribution in [0.1, 0.15) is 38.7 Å². The molecule has 0 heterocycles. The van der Waals surface area contributed by atoms with Gasteiger partial charge in [0.15, 0.2) is 0 Å². The van der Waals surface area contributed by atoms with Gasteiger partial charge in [-0.05, 0) is 48.7 Å². The summed E-state index contributed by atoms with van der Waals surface area (Å²) >= 11 is 5.83. The van der Waals surface area contributed by atoms with Gasteiger partial charge in [-0.15, -0.1) is 0 Å². The molecule has 0 bridgehead atoms. The molecule has 11 heteroatoms. The van der Waals surface area contributed by atoms with Crippen LogP contribution in [-0.2, 0) is 26.2 Å². The minimum absolute atomic E-state index is 0.00873. The molecule has 2 amide bonds. The molecule has 0 saturated carbocycles. The zero-order valence-electron chi connectivity index (χ0n) is 19.9. The van der Waals surface area contributed by atoms with E-state index in [4.69, 9.17) is 11.6 Å². The lowest BCUT2D eigenvalue weighted by Gasteiger charge is -2.33. The SMILES string of the molecule is CCCCNC(=O)[C@H](CC)N(Cc1ccc(F)cc1)C(=O)CN(c1ccc(F)c(Cl)c1)S(C)(=O)=O. The summed E-state index contributed by atoms with van der Waals surface area (Å²) in [6.45, 7) is 3.48. The van der Waals surface area contributed by atoms with Crippen molar-refractivity contribution in [2.45, 2.75) is 45.7 Å². The number of benzene rings is 2. The van der Waals surface area contributed by atoms with E-state index in [9.17, 15) is 26.8 Å². The van der Waals surface area contributed by atoms with E-state index in [2.05, 4.69) is 5.32 Å². The van der Waals surface area contributed by atoms with Crippen LogP contribution >= 0.6 is 11.6 Å². The van der Waals surface area contributed by atoms with Gasteiger partial charge in [-0.25, -0.2) is 17.2 Å². The quantitative estimate of drug-likeness (QED) is 0.419. The first kappa shape index (κ1) is 28.5. The minimum atomic E-state index is -3.97. The van der Waals surface area contributed by atoms with Crippen LogP contribution in [0.2, 0.25) is 5.02 Å². The van der Waals surface area contributed by atoms with Gasteiger partial charge in [-0.3, -0.25) is 13.9 Å². The van der Waals surface area contributed by atoms with Crippen molar-refractivity contribution in [1.29, 1.82) is 0 Å². The predicted molar refractivity (Wildman–Crippen MR) is 133 cm³/mol. The first-order valence-electron chi connectivity index (χ1n) is 11.2. The normalized spacial score (nSPS) is 12.2. The molecular weight excluding hydrogens is 500 g/mol. The number of rotatable bonds is 12. The van der Waals surface area contributed by atoms with E-state index in [1.807, 2.05) is 6.92 Å². The largest absolute Gasteiger partial charge is 0.354 e. The Morgan fingerprint density at radius 3 is 2.29 bits per heavy atom. The molecule has 0 unspecified atom stereocenters. The van der Waals surface area contributed by atoms with Crippen LogP contribution in [0.3, 0.4) is 0 Å². The van der Waals surface area contributed by atoms with Crippen LogP contribution in [0.15, 0.2) is 42.5 Å². The van der Waals surface area contributed by atoms with Gasteiger partial charge in [0, 0.05) is 13.1 Å². The topological polar surface area (TPSA) is 86.8 Å². The van der Waals surface area contributed by atoms with E-state index in [-0.39, 0.29) is 29.6 Å². The second-order valence-corrected chi connectivity index (χ2v) is 10.4. The Labute approximate surface area is 210 Å². The molecule has 0 aromatic heterocycles. The highest BCUT2D eigenvalue weighted by molar-refractivity contribution is 7.92. The Kier molecular flexibility index (Phi) is 10.5. The van der Waals surface area contributed by atoms with E-state index >= 15 is 0 Å². The Morgan fingerprint density at radius 2 is 1.74 bits per heavy atom. The Hall–Kier alpha value is -2.72. The van der Waals surface area contributed by atoms with Crippen molar-refractivity contribution in [2.24, 2.45) is 0 Å². The molecule has 2 aromatic rings. The van der Waals surface area contributed by atoms with Crippen molar-refractivity contribution in [3.63, 3.8) is 0 Å². The number of halogens is 3. The highest BCUT2D eigenvalue weighted by Crippen LogP contribution is 2.25. The number of hydrogen-bond acceptors (Lipinski definition) is 4. The van der Waals surface area contributed by atoms with Crippen molar-refractivity contribution in [1.82, 2.24) is 10.2 Å². The molecule has 0 saturated heterocycles. The maximum atomic E-state index is 13.6. The second-order valence-electron chi connectivity index (χ2n) is 8.08. The fourth-order valence-corrected chi connectivity index (χ4v) is 4.48. The van der Waals surface area contributed by atoms with Crippen LogP contribution in [0, 0.1) is 11.6 Å². The van der Waals surface area contributed by atoms with Gasteiger partial charge < -0.3 is 10.2 Å². The van der Waals surface area contributed by atoms with Crippen LogP contribution in [0.5, 0.6) is 0 Å². The fraction of sp³-hybridized carbons (Fsp3) is 0.417. The van der Waals surface area contributed by atoms with Crippen LogP contribution in [-0.4, -0.2) is 50.5 Å². The summed E-state index contributed by atoms with van der Waals surface area (Å²) in [4.78, 5) is 27.7. The van der Waals surface area contributed by atoms with Crippen molar-refractivity contribution < 1.29 is 26.8 Å². The third-order valence-corrected chi connectivity index (χ3v) is 6.78. The molecule has 0 fully saturated rings. The molecule has 1 atom stereocenters. The summed E-state index contributed by atoms with van der Waals surface area (Å²) in [6, 6.07) is 7.90. The summed E-state index contributed by atoms with van der Waals surface area (Å²) < 4.78 is 52.9. The van der Waals surface area contributed by atoms with Gasteiger partial charge in [-0.1, -0.05) is 44.0 Å². The molecule has 0 aliphatic rings. The standard InChI is InChI=1S/C24H30ClF2N3O4S/c1-4-6-13-28-24(32)22(5-2)29(15-17-7-9-18(26)10-8-17)23(31)16-30(35(3,33)34)19-11-12-21(27)20(25)14-19/h7-12,14,22H,4-6,13,15-16H2,1-3H3,(H,28,32)/t22-/m0/s1. The number of nitrogens with one attached hydrogen (secondary N) is 1. The summed E-state index contributed by atoms with van der Waals surface area (Å²) in [5.74, 6) is -2.21. The van der Waals surface area contributed by atoms with E-state index < -0.39 is 40.2 Å². The van der Waals surface area contributed by atoms with Crippen LogP contribution < -0.4 is 9.62 Å². The molecule has 192 valence electrons. The average molecular weight is 530 g/mol. The number of sulfonamides is 1. The summed E-state index contributed by atoms with van der Waals surface area (Å²) in [7, 11) is -3.97. The number of carbonyl (C=O) groups is 2. The lowest BCUT2D eigenvalue weighted by Crippen LogP contribution is -2.52. The minimum Gasteiger partial charge on any atom is -0.354 e. The number of carbonyl (C=O) groups excluding carboxylic acids is 2. The maximum Gasteiger partial charge on any atom is 0.244 e. The van der Waals surface area contributed by atoms with Gasteiger partial charge in [-0.2, -0.15) is 0 Å². The molecule has 7 nitrogen and oxygen atoms in total. The Morgan fingerprint density at radius 1 is 1.09 bits per heavy atom. The van der Waals surface area contributed by atoms with E-state index in [0.29, 0.717) is 12.1 Å². The van der Waals surface area contributed by atoms with Crippen molar-refractivity contribution in [3.05, 3.63) is 64.7 Å². The summed E-state index contributed by atoms with van der Waals surface area (Å²) in [5.41, 5.74) is 0.574. The molecule has 0 aliphatic carbocycles. The Balaban J connectivity index is 2.41. The van der Waals surface area contributed by atoms with Crippen LogP contribution in [0.25, 0.3) is 0 Å². The molecule has 0 spiro atoms. The highest BCUT2D eigenvalue weighted by atomic mass is 35.5. The molecule has 0 aliphatic heterocycles. The zero-order chi connectivity index (χ0) is 26.2. The number of hydrogen-bond donors (Lipinski definition) is 1. The molecule has 1 N–H and O–H groups in total. The second kappa shape index (κ2) is 12.8. The number of anilines is 1. The molecule has 35 heavy (non-hydrogen) atoms. The fourth-order valence-electron chi connectivity index (χ4n) is 3.47. The van der Waals surface area contributed by atoms with Crippen molar-refractivity contribution in [2.75, 3.05) is 23.7 Å². The molecule has 0 radical (unpaired) electrons. The van der Waals surface area contributed by atoms with Gasteiger partial charge in [0.1, 0.15) is 24.2 Å². The van der Waals surface area contributed by atoms with E-state index in [0.717, 1.165) is 35.5 Å². The molecule has 2 aromatic carbocycles. The van der Waals surface area contributed by atoms with E-state index in [1.54, 1.807) is 6.92 Å². The number of nitrogens with zero attached hydrogens (tertiary/aromatic N) is 2. The number of unbranched alkanes of at least 4 members (excludes halogenated alkanes) is 1. The van der Waals surface area contributed by atoms with Crippen molar-refractivity contribution in [3.8, 4) is 0 Å². The third-order valence-electron chi connectivity index (χ3n) is 5.35. The van der Waals surface area contributed by atoms with Gasteiger partial charge >= 0.3 is 0 Å². The lowest BCUT2D eigenvalue weighted by atomic mass is 10.1. The first-order chi connectivity index (χ1) is 16.5. The van der Waals surface area contributed by atoms with E-state index in [1.165, 1.54) is 35.2 Å². The van der Waals surface area contributed by atoms with Gasteiger partial charge in [0.25, 0.3) is 0 Å². The summed E-state index contributed by atoms with van der Waals surface area (Å²) in [5, 5.41) is 2.51. The monoisotopic (exact) mass is 529 g/mol. The van der Waals surface area contributed by atoms with Gasteiger partial charge in [0.2, 0.25) is 21.8 Å². The highest BCUT2D eigenvalue weighted by Gasteiger charge is 2.31. The first-order valence-corrected chi connectivity index (χ1v) is 13.4. The molecular formula is C24H30ClF2N3O4S. The smallest absolute Gasteiger partial charge is 0.244 e. The van der Waals surface area contributed by atoms with Crippen molar-refractivity contribution >= 4 is 39.1 Å². The maximum absolute atomic E-state index is 13.6. The molecule has 2 rings (SSSR count). The number of amides is 2. The predicted octanol–water partition coefficient (Wildman–Crippen LogP) is 4.11. The Bertz CT molecular complexity index is 1130. The summed E-state index contributed by atoms with van der Waals surface area (Å²) in [6.07, 6.45) is 2.82.